The molecule has 0 saturated heterocycles. The van der Waals surface area contributed by atoms with E-state index in [0.29, 0.717) is 33.2 Å². The summed E-state index contributed by atoms with van der Waals surface area (Å²) in [5, 5.41) is 4.22. The topological polar surface area (TPSA) is 0 Å². The smallest absolute Gasteiger partial charge is 0.134 e. The summed E-state index contributed by atoms with van der Waals surface area (Å²) in [6.45, 7) is 28.3. The van der Waals surface area contributed by atoms with Crippen LogP contribution in [0.25, 0.3) is 0 Å². The molecule has 0 amide bonds. The van der Waals surface area contributed by atoms with Gasteiger partial charge in [-0.25, -0.2) is 0 Å². The lowest BCUT2D eigenvalue weighted by Gasteiger charge is -2.38. The predicted molar refractivity (Wildman–Crippen MR) is 203 cm³/mol. The molecule has 0 nitrogen and oxygen atoms in total. The molecule has 0 aliphatic carbocycles. The first-order valence-electron chi connectivity index (χ1n) is 16.1. The molecule has 0 atom stereocenters. The number of thiophene rings is 2. The zero-order valence-corrected chi connectivity index (χ0v) is 32.5. The first-order valence-corrected chi connectivity index (χ1v) is 22.3. The van der Waals surface area contributed by atoms with Gasteiger partial charge in [-0.2, -0.15) is 0 Å². The van der Waals surface area contributed by atoms with Crippen LogP contribution in [0, 0.1) is 46.6 Å². The molecule has 3 rings (SSSR count). The maximum Gasteiger partial charge on any atom is 0.146 e. The summed E-state index contributed by atoms with van der Waals surface area (Å²) in [5.74, 6) is 21.0. The van der Waals surface area contributed by atoms with Gasteiger partial charge in [0.2, 0.25) is 0 Å². The van der Waals surface area contributed by atoms with Gasteiger partial charge in [-0.3, -0.25) is 0 Å². The lowest BCUT2D eigenvalue weighted by Crippen LogP contribution is -2.43. The van der Waals surface area contributed by atoms with Crippen molar-refractivity contribution in [2.45, 2.75) is 116 Å². The van der Waals surface area contributed by atoms with Crippen molar-refractivity contribution in [3.05, 3.63) is 79.2 Å². The van der Waals surface area contributed by atoms with Gasteiger partial charge >= 0.3 is 0 Å². The second-order valence-electron chi connectivity index (χ2n) is 13.7. The second kappa shape index (κ2) is 15.5. The van der Waals surface area contributed by atoms with Crippen LogP contribution in [0.15, 0.2) is 47.2 Å². The Morgan fingerprint density at radius 1 is 0.409 bits per heavy atom. The van der Waals surface area contributed by atoms with Gasteiger partial charge in [0, 0.05) is 11.1 Å². The van der Waals surface area contributed by atoms with Crippen molar-refractivity contribution in [3.8, 4) is 46.6 Å². The summed E-state index contributed by atoms with van der Waals surface area (Å²) in [5.41, 5.74) is 15.3. The normalized spacial score (nSPS) is 11.7. The van der Waals surface area contributed by atoms with Crippen LogP contribution in [0.5, 0.6) is 0 Å². The fraction of sp³-hybridized carbons (Fsp3) is 0.450. The Labute approximate surface area is 279 Å². The minimum atomic E-state index is -1.81. The molecule has 0 N–H and O–H groups in total. The lowest BCUT2D eigenvalue weighted by molar-refractivity contribution is 0.838. The summed E-state index contributed by atoms with van der Waals surface area (Å²) in [4.78, 5) is 2.06. The van der Waals surface area contributed by atoms with Gasteiger partial charge < -0.3 is 0 Å². The summed E-state index contributed by atoms with van der Waals surface area (Å²) >= 11 is 3.34. The summed E-state index contributed by atoms with van der Waals surface area (Å²) in [6, 6.07) is 12.5. The summed E-state index contributed by atoms with van der Waals surface area (Å²) in [7, 11) is -3.62. The third-order valence-electron chi connectivity index (χ3n) is 9.44. The van der Waals surface area contributed by atoms with E-state index in [1.807, 2.05) is 12.1 Å². The van der Waals surface area contributed by atoms with E-state index in [-0.39, 0.29) is 0 Å². The molecular weight excluding hydrogens is 601 g/mol. The molecule has 0 aliphatic heterocycles. The molecule has 0 saturated carbocycles. The van der Waals surface area contributed by atoms with Crippen LogP contribution in [-0.2, 0) is 0 Å². The van der Waals surface area contributed by atoms with Crippen LogP contribution >= 0.6 is 22.7 Å². The number of rotatable bonds is 6. The van der Waals surface area contributed by atoms with E-state index in [2.05, 4.69) is 165 Å². The van der Waals surface area contributed by atoms with E-state index in [0.717, 1.165) is 32.0 Å². The van der Waals surface area contributed by atoms with Crippen LogP contribution in [0.2, 0.25) is 33.2 Å². The third kappa shape index (κ3) is 7.74. The maximum atomic E-state index is 3.86. The lowest BCUT2D eigenvalue weighted by atomic mass is 10.1. The van der Waals surface area contributed by atoms with Crippen LogP contribution in [0.3, 0.4) is 0 Å². The first-order chi connectivity index (χ1) is 20.8. The Bertz CT molecular complexity index is 1500. The SMILES string of the molecule is CC(C)[Si](C#Cc1ccsc1C#Cc1ccccc1C#Cc1sccc1C#C[Si](C(C)C)(C(C)C)C(C)C)(C(C)C)C(C)C. The third-order valence-corrected chi connectivity index (χ3v) is 23.7. The fourth-order valence-corrected chi connectivity index (χ4v) is 19.0. The number of hydrogen-bond acceptors (Lipinski definition) is 2. The molecule has 230 valence electrons. The Morgan fingerprint density at radius 3 is 1.02 bits per heavy atom. The predicted octanol–water partition coefficient (Wildman–Crippen LogP) is 11.7. The van der Waals surface area contributed by atoms with Crippen molar-refractivity contribution in [3.63, 3.8) is 0 Å². The first kappa shape index (κ1) is 35.8. The molecule has 0 bridgehead atoms. The minimum absolute atomic E-state index is 0.605. The van der Waals surface area contributed by atoms with Crippen molar-refractivity contribution in [1.29, 1.82) is 0 Å². The molecule has 44 heavy (non-hydrogen) atoms. The minimum Gasteiger partial charge on any atom is -0.134 e. The maximum absolute atomic E-state index is 3.86. The van der Waals surface area contributed by atoms with E-state index in [1.165, 1.54) is 0 Å². The van der Waals surface area contributed by atoms with Gasteiger partial charge in [-0.05, 0) is 80.1 Å². The average Bonchev–Trinajstić information content (AvgIpc) is 3.59. The van der Waals surface area contributed by atoms with Crippen LogP contribution in [0.1, 0.15) is 115 Å². The molecule has 0 radical (unpaired) electrons. The molecule has 3 aromatic rings. The van der Waals surface area contributed by atoms with Crippen molar-refractivity contribution in [1.82, 2.24) is 0 Å². The molecule has 0 unspecified atom stereocenters. The van der Waals surface area contributed by atoms with Gasteiger partial charge in [-0.15, -0.1) is 33.8 Å². The van der Waals surface area contributed by atoms with Gasteiger partial charge in [0.25, 0.3) is 0 Å². The van der Waals surface area contributed by atoms with E-state index < -0.39 is 16.1 Å². The Morgan fingerprint density at radius 2 is 0.727 bits per heavy atom. The molecule has 0 aliphatic rings. The van der Waals surface area contributed by atoms with E-state index in [9.17, 15) is 0 Å². The summed E-state index contributed by atoms with van der Waals surface area (Å²) in [6.07, 6.45) is 0. The van der Waals surface area contributed by atoms with Gasteiger partial charge in [0.15, 0.2) is 0 Å². The molecule has 2 heterocycles. The van der Waals surface area contributed by atoms with Crippen molar-refractivity contribution in [2.24, 2.45) is 0 Å². The largest absolute Gasteiger partial charge is 0.146 e. The average molecular weight is 651 g/mol. The monoisotopic (exact) mass is 650 g/mol. The van der Waals surface area contributed by atoms with Gasteiger partial charge in [0.05, 0.1) is 20.9 Å². The van der Waals surface area contributed by atoms with Crippen LogP contribution in [-0.4, -0.2) is 16.1 Å². The van der Waals surface area contributed by atoms with Crippen LogP contribution in [0.4, 0.5) is 0 Å². The molecule has 0 fully saturated rings. The highest BCUT2D eigenvalue weighted by Gasteiger charge is 2.42. The standard InChI is InChI=1S/C40H50S2Si2/c1-29(2)43(30(3)4,31(5)6)27-23-37-21-25-41-39(37)19-17-35-15-13-14-16-36(35)18-20-40-38(22-26-42-40)24-28-44(32(7)8,33(9)10)34(11)12/h13-16,21-22,25-26,29-34H,1-12H3. The zero-order valence-electron chi connectivity index (χ0n) is 28.9. The van der Waals surface area contributed by atoms with E-state index in [1.54, 1.807) is 22.7 Å². The number of hydrogen-bond donors (Lipinski definition) is 0. The molecule has 0 spiro atoms. The Balaban J connectivity index is 1.97. The second-order valence-corrected chi connectivity index (χ2v) is 26.7. The molecule has 2 aromatic heterocycles. The fourth-order valence-electron chi connectivity index (χ4n) is 7.18. The molecular formula is C40H50S2Si2. The highest BCUT2D eigenvalue weighted by atomic mass is 32.1. The van der Waals surface area contributed by atoms with Gasteiger partial charge in [-0.1, -0.05) is 119 Å². The highest BCUT2D eigenvalue weighted by molar-refractivity contribution is 7.11. The van der Waals surface area contributed by atoms with E-state index >= 15 is 0 Å². The van der Waals surface area contributed by atoms with Gasteiger partial charge in [0.1, 0.15) is 16.1 Å². The molecule has 1 aromatic carbocycles. The van der Waals surface area contributed by atoms with Crippen molar-refractivity contribution in [2.75, 3.05) is 0 Å². The Hall–Kier alpha value is -2.71. The zero-order chi connectivity index (χ0) is 32.7. The van der Waals surface area contributed by atoms with E-state index in [4.69, 9.17) is 0 Å². The Kier molecular flexibility index (Phi) is 12.6. The molecule has 4 heteroatoms. The van der Waals surface area contributed by atoms with Crippen molar-refractivity contribution < 1.29 is 0 Å². The quantitative estimate of drug-likeness (QED) is 0.184. The van der Waals surface area contributed by atoms with Crippen LogP contribution < -0.4 is 0 Å². The summed E-state index contributed by atoms with van der Waals surface area (Å²) < 4.78 is 0. The number of benzene rings is 1. The highest BCUT2D eigenvalue weighted by Crippen LogP contribution is 2.42. The van der Waals surface area contributed by atoms with Crippen molar-refractivity contribution >= 4 is 38.8 Å².